The quantitative estimate of drug-likeness (QED) is 0.862. The van der Waals surface area contributed by atoms with Crippen molar-refractivity contribution in [3.05, 3.63) is 44.6 Å². The lowest BCUT2D eigenvalue weighted by Crippen LogP contribution is -2.23. The number of rotatable bonds is 4. The van der Waals surface area contributed by atoms with E-state index in [0.29, 0.717) is 6.42 Å². The zero-order chi connectivity index (χ0) is 14.8. The van der Waals surface area contributed by atoms with Crippen LogP contribution in [0, 0.1) is 6.92 Å². The minimum Gasteiger partial charge on any atom is -0.380 e. The fourth-order valence-corrected chi connectivity index (χ4v) is 4.04. The smallest absolute Gasteiger partial charge is 0.227 e. The summed E-state index contributed by atoms with van der Waals surface area (Å²) in [6.07, 6.45) is 1.62. The van der Waals surface area contributed by atoms with Crippen molar-refractivity contribution in [2.75, 3.05) is 16.8 Å². The van der Waals surface area contributed by atoms with Crippen LogP contribution in [0.2, 0.25) is 0 Å². The highest BCUT2D eigenvalue weighted by atomic mass is 79.9. The molecule has 0 spiro atoms. The molecule has 1 fully saturated rings. The lowest BCUT2D eigenvalue weighted by Gasteiger charge is -2.17. The Labute approximate surface area is 137 Å². The third-order valence-corrected chi connectivity index (χ3v) is 5.74. The predicted molar refractivity (Wildman–Crippen MR) is 92.1 cm³/mol. The first-order valence-corrected chi connectivity index (χ1v) is 8.63. The summed E-state index contributed by atoms with van der Waals surface area (Å²) in [6.45, 7) is 3.74. The number of amides is 1. The molecule has 1 amide bonds. The van der Waals surface area contributed by atoms with Gasteiger partial charge in [-0.05, 0) is 53.5 Å². The number of hydrogen-bond acceptors (Lipinski definition) is 3. The molecule has 5 heteroatoms. The van der Waals surface area contributed by atoms with Crippen LogP contribution in [0.3, 0.4) is 0 Å². The molecule has 0 unspecified atom stereocenters. The summed E-state index contributed by atoms with van der Waals surface area (Å²) in [5.41, 5.74) is 2.04. The summed E-state index contributed by atoms with van der Waals surface area (Å²) in [6, 6.07) is 10.2. The number of halogens is 1. The predicted octanol–water partition coefficient (Wildman–Crippen LogP) is 4.56. The normalized spacial score (nSPS) is 14.8. The van der Waals surface area contributed by atoms with E-state index in [1.54, 1.807) is 11.3 Å². The molecule has 3 nitrogen and oxygen atoms in total. The van der Waals surface area contributed by atoms with Gasteiger partial charge in [0.25, 0.3) is 0 Å². The topological polar surface area (TPSA) is 32.3 Å². The largest absolute Gasteiger partial charge is 0.380 e. The van der Waals surface area contributed by atoms with Gasteiger partial charge in [0.1, 0.15) is 0 Å². The van der Waals surface area contributed by atoms with Gasteiger partial charge in [0.15, 0.2) is 0 Å². The Kier molecular flexibility index (Phi) is 4.31. The summed E-state index contributed by atoms with van der Waals surface area (Å²) in [4.78, 5) is 16.3. The number of nitrogens with one attached hydrogen (secondary N) is 1. The molecule has 2 aromatic rings. The Morgan fingerprint density at radius 3 is 2.90 bits per heavy atom. The van der Waals surface area contributed by atoms with E-state index >= 15 is 0 Å². The van der Waals surface area contributed by atoms with Crippen LogP contribution < -0.4 is 10.2 Å². The van der Waals surface area contributed by atoms with Crippen LogP contribution in [0.5, 0.6) is 0 Å². The van der Waals surface area contributed by atoms with Gasteiger partial charge in [-0.2, -0.15) is 0 Å². The molecule has 1 aliphatic rings. The lowest BCUT2D eigenvalue weighted by atomic mass is 10.2. The average molecular weight is 365 g/mol. The summed E-state index contributed by atoms with van der Waals surface area (Å²) < 4.78 is 1.17. The fourth-order valence-electron chi connectivity index (χ4n) is 2.50. The molecule has 21 heavy (non-hydrogen) atoms. The minimum atomic E-state index is 0.227. The van der Waals surface area contributed by atoms with Gasteiger partial charge in [-0.3, -0.25) is 4.79 Å². The van der Waals surface area contributed by atoms with Crippen LogP contribution in [0.25, 0.3) is 0 Å². The van der Waals surface area contributed by atoms with Gasteiger partial charge in [0.2, 0.25) is 5.91 Å². The molecule has 2 heterocycles. The number of benzene rings is 1. The van der Waals surface area contributed by atoms with Crippen LogP contribution in [0.1, 0.15) is 22.6 Å². The SMILES string of the molecule is Cc1sc(CNc2cccc(N3CCCC3=O)c2)cc1Br. The number of thiophene rings is 1. The molecule has 0 atom stereocenters. The van der Waals surface area contributed by atoms with E-state index in [4.69, 9.17) is 0 Å². The first-order chi connectivity index (χ1) is 10.1. The average Bonchev–Trinajstić information content (AvgIpc) is 3.03. The van der Waals surface area contributed by atoms with Gasteiger partial charge in [-0.1, -0.05) is 6.07 Å². The number of carbonyl (C=O) groups is 1. The molecular formula is C16H17BrN2OS. The second-order valence-electron chi connectivity index (χ2n) is 5.17. The second kappa shape index (κ2) is 6.20. The maximum atomic E-state index is 11.8. The van der Waals surface area contributed by atoms with E-state index in [1.807, 2.05) is 23.1 Å². The van der Waals surface area contributed by atoms with Crippen molar-refractivity contribution < 1.29 is 4.79 Å². The van der Waals surface area contributed by atoms with E-state index in [1.165, 1.54) is 14.2 Å². The molecule has 1 N–H and O–H groups in total. The molecule has 1 aliphatic heterocycles. The van der Waals surface area contributed by atoms with Crippen molar-refractivity contribution in [2.45, 2.75) is 26.3 Å². The molecule has 1 saturated heterocycles. The summed E-state index contributed by atoms with van der Waals surface area (Å²) in [5, 5.41) is 3.43. The molecule has 0 radical (unpaired) electrons. The van der Waals surface area contributed by atoms with Crippen LogP contribution in [0.15, 0.2) is 34.8 Å². The van der Waals surface area contributed by atoms with Gasteiger partial charge in [0, 0.05) is 45.1 Å². The van der Waals surface area contributed by atoms with Crippen LogP contribution in [-0.2, 0) is 11.3 Å². The highest BCUT2D eigenvalue weighted by molar-refractivity contribution is 9.10. The molecule has 1 aromatic heterocycles. The number of anilines is 2. The van der Waals surface area contributed by atoms with Crippen molar-refractivity contribution in [3.8, 4) is 0 Å². The molecule has 0 saturated carbocycles. The summed E-state index contributed by atoms with van der Waals surface area (Å²) in [7, 11) is 0. The van der Waals surface area contributed by atoms with Crippen molar-refractivity contribution in [1.82, 2.24) is 0 Å². The van der Waals surface area contributed by atoms with Crippen molar-refractivity contribution in [1.29, 1.82) is 0 Å². The maximum absolute atomic E-state index is 11.8. The number of nitrogens with zero attached hydrogens (tertiary/aromatic N) is 1. The highest BCUT2D eigenvalue weighted by Gasteiger charge is 2.21. The molecule has 0 bridgehead atoms. The summed E-state index contributed by atoms with van der Waals surface area (Å²) in [5.74, 6) is 0.227. The Hall–Kier alpha value is -1.33. The maximum Gasteiger partial charge on any atom is 0.227 e. The first kappa shape index (κ1) is 14.6. The van der Waals surface area contributed by atoms with Crippen LogP contribution >= 0.6 is 27.3 Å². The van der Waals surface area contributed by atoms with Gasteiger partial charge in [-0.25, -0.2) is 0 Å². The Bertz CT molecular complexity index is 649. The number of hydrogen-bond donors (Lipinski definition) is 1. The molecule has 3 rings (SSSR count). The van der Waals surface area contributed by atoms with Gasteiger partial charge in [-0.15, -0.1) is 11.3 Å². The van der Waals surface area contributed by atoms with E-state index in [0.717, 1.165) is 30.9 Å². The molecule has 0 aliphatic carbocycles. The number of aryl methyl sites for hydroxylation is 1. The Balaban J connectivity index is 1.70. The van der Waals surface area contributed by atoms with E-state index in [9.17, 15) is 4.79 Å². The van der Waals surface area contributed by atoms with E-state index in [2.05, 4.69) is 40.3 Å². The van der Waals surface area contributed by atoms with E-state index < -0.39 is 0 Å². The zero-order valence-electron chi connectivity index (χ0n) is 11.9. The molecule has 110 valence electrons. The summed E-state index contributed by atoms with van der Waals surface area (Å²) >= 11 is 5.33. The fraction of sp³-hybridized carbons (Fsp3) is 0.312. The highest BCUT2D eigenvalue weighted by Crippen LogP contribution is 2.28. The van der Waals surface area contributed by atoms with Gasteiger partial charge in [0.05, 0.1) is 0 Å². The van der Waals surface area contributed by atoms with Crippen molar-refractivity contribution >= 4 is 44.5 Å². The van der Waals surface area contributed by atoms with E-state index in [-0.39, 0.29) is 5.91 Å². The first-order valence-electron chi connectivity index (χ1n) is 7.02. The van der Waals surface area contributed by atoms with Crippen molar-refractivity contribution in [3.63, 3.8) is 0 Å². The molecular weight excluding hydrogens is 348 g/mol. The van der Waals surface area contributed by atoms with Crippen LogP contribution in [0.4, 0.5) is 11.4 Å². The Morgan fingerprint density at radius 2 is 2.24 bits per heavy atom. The lowest BCUT2D eigenvalue weighted by molar-refractivity contribution is -0.117. The van der Waals surface area contributed by atoms with Crippen LogP contribution in [-0.4, -0.2) is 12.5 Å². The standard InChI is InChI=1S/C16H17BrN2OS/c1-11-15(17)9-14(21-11)10-18-12-4-2-5-13(8-12)19-7-3-6-16(19)20/h2,4-5,8-9,18H,3,6-7,10H2,1H3. The molecule has 1 aromatic carbocycles. The van der Waals surface area contributed by atoms with Crippen molar-refractivity contribution in [2.24, 2.45) is 0 Å². The van der Waals surface area contributed by atoms with Gasteiger partial charge >= 0.3 is 0 Å². The Morgan fingerprint density at radius 1 is 1.38 bits per heavy atom. The second-order valence-corrected chi connectivity index (χ2v) is 7.36. The third kappa shape index (κ3) is 3.30. The minimum absolute atomic E-state index is 0.227. The van der Waals surface area contributed by atoms with Gasteiger partial charge < -0.3 is 10.2 Å². The third-order valence-electron chi connectivity index (χ3n) is 3.61. The number of carbonyl (C=O) groups excluding carboxylic acids is 1. The zero-order valence-corrected chi connectivity index (χ0v) is 14.3. The monoisotopic (exact) mass is 364 g/mol.